The lowest BCUT2D eigenvalue weighted by atomic mass is 9.98. The number of benzene rings is 3. The summed E-state index contributed by atoms with van der Waals surface area (Å²) in [7, 11) is 0. The lowest BCUT2D eigenvalue weighted by molar-refractivity contribution is -0.137. The van der Waals surface area contributed by atoms with Crippen LogP contribution in [0.25, 0.3) is 11.1 Å². The average Bonchev–Trinajstić information content (AvgIpc) is 3.17. The van der Waals surface area contributed by atoms with Gasteiger partial charge in [0.2, 0.25) is 0 Å². The fourth-order valence-corrected chi connectivity index (χ4v) is 4.28. The Bertz CT molecular complexity index is 1230. The fourth-order valence-electron chi connectivity index (χ4n) is 4.28. The minimum absolute atomic E-state index is 0.0180. The molecule has 3 aromatic carbocycles. The zero-order valence-electron chi connectivity index (χ0n) is 19.1. The maximum Gasteiger partial charge on any atom is 0.411 e. The predicted octanol–water partition coefficient (Wildman–Crippen LogP) is 5.17. The van der Waals surface area contributed by atoms with Gasteiger partial charge < -0.3 is 15.2 Å². The van der Waals surface area contributed by atoms with Crippen LogP contribution in [0.2, 0.25) is 0 Å². The Labute approximate surface area is 201 Å². The highest BCUT2D eigenvalue weighted by Gasteiger charge is 2.29. The van der Waals surface area contributed by atoms with Crippen LogP contribution in [0.1, 0.15) is 47.2 Å². The van der Waals surface area contributed by atoms with Gasteiger partial charge in [0.1, 0.15) is 12.4 Å². The lowest BCUT2D eigenvalue weighted by Gasteiger charge is -2.16. The molecule has 0 fully saturated rings. The number of fused-ring (bicyclic) bond motifs is 3. The number of halogens is 1. The molecule has 180 valence electrons. The van der Waals surface area contributed by atoms with Gasteiger partial charge in [0, 0.05) is 17.5 Å². The van der Waals surface area contributed by atoms with Gasteiger partial charge in [-0.2, -0.15) is 0 Å². The smallest absolute Gasteiger partial charge is 0.411 e. The van der Waals surface area contributed by atoms with Crippen LogP contribution in [-0.4, -0.2) is 35.7 Å². The molecule has 1 unspecified atom stereocenters. The molecular weight excluding hydrogens is 451 g/mol. The van der Waals surface area contributed by atoms with E-state index in [1.165, 1.54) is 12.1 Å². The Balaban J connectivity index is 1.38. The van der Waals surface area contributed by atoms with Crippen molar-refractivity contribution in [3.8, 4) is 11.1 Å². The number of carbonyl (C=O) groups is 3. The second-order valence-corrected chi connectivity index (χ2v) is 8.32. The monoisotopic (exact) mass is 476 g/mol. The predicted molar refractivity (Wildman–Crippen MR) is 129 cm³/mol. The Kier molecular flexibility index (Phi) is 7.10. The summed E-state index contributed by atoms with van der Waals surface area (Å²) < 4.78 is 20.0. The molecule has 0 aromatic heterocycles. The molecule has 0 aliphatic heterocycles. The second-order valence-electron chi connectivity index (χ2n) is 8.32. The average molecular weight is 477 g/mol. The highest BCUT2D eigenvalue weighted by atomic mass is 19.1. The molecule has 0 heterocycles. The first-order valence-corrected chi connectivity index (χ1v) is 11.3. The zero-order chi connectivity index (χ0) is 24.9. The molecule has 0 saturated heterocycles. The summed E-state index contributed by atoms with van der Waals surface area (Å²) >= 11 is 0. The molecule has 2 amide bonds. The van der Waals surface area contributed by atoms with Crippen LogP contribution in [-0.2, 0) is 9.53 Å². The Hall–Kier alpha value is -4.20. The molecule has 1 aliphatic rings. The van der Waals surface area contributed by atoms with Gasteiger partial charge in [-0.05, 0) is 46.9 Å². The van der Waals surface area contributed by atoms with E-state index >= 15 is 0 Å². The van der Waals surface area contributed by atoms with Gasteiger partial charge in [-0.1, -0.05) is 55.5 Å². The molecule has 1 atom stereocenters. The molecule has 7 nitrogen and oxygen atoms in total. The quantitative estimate of drug-likeness (QED) is 0.416. The normalized spacial score (nSPS) is 12.9. The molecule has 3 aromatic rings. The number of rotatable bonds is 8. The maximum absolute atomic E-state index is 14.6. The number of anilines is 1. The first-order valence-electron chi connectivity index (χ1n) is 11.3. The number of nitrogens with one attached hydrogen (secondary N) is 2. The van der Waals surface area contributed by atoms with E-state index in [0.717, 1.165) is 28.3 Å². The van der Waals surface area contributed by atoms with Gasteiger partial charge >= 0.3 is 12.1 Å². The van der Waals surface area contributed by atoms with Crippen LogP contribution in [0.4, 0.5) is 14.9 Å². The fraction of sp³-hybridized carbons (Fsp3) is 0.222. The van der Waals surface area contributed by atoms with Crippen molar-refractivity contribution in [2.45, 2.75) is 31.7 Å². The van der Waals surface area contributed by atoms with Crippen molar-refractivity contribution in [1.29, 1.82) is 0 Å². The van der Waals surface area contributed by atoms with E-state index in [1.54, 1.807) is 6.92 Å². The molecule has 1 aliphatic carbocycles. The van der Waals surface area contributed by atoms with Crippen LogP contribution in [0, 0.1) is 5.82 Å². The summed E-state index contributed by atoms with van der Waals surface area (Å²) in [4.78, 5) is 35.6. The largest absolute Gasteiger partial charge is 0.481 e. The third-order valence-electron chi connectivity index (χ3n) is 6.06. The summed E-state index contributed by atoms with van der Waals surface area (Å²) in [5.41, 5.74) is 4.23. The van der Waals surface area contributed by atoms with Crippen LogP contribution in [0.5, 0.6) is 0 Å². The van der Waals surface area contributed by atoms with Crippen molar-refractivity contribution in [3.05, 3.63) is 89.2 Å². The topological polar surface area (TPSA) is 105 Å². The van der Waals surface area contributed by atoms with E-state index in [9.17, 15) is 18.8 Å². The third kappa shape index (κ3) is 5.32. The summed E-state index contributed by atoms with van der Waals surface area (Å²) in [6.07, 6.45) is -0.621. The van der Waals surface area contributed by atoms with E-state index in [2.05, 4.69) is 10.6 Å². The minimum Gasteiger partial charge on any atom is -0.481 e. The summed E-state index contributed by atoms with van der Waals surface area (Å²) in [6.45, 7) is 1.83. The number of aliphatic carboxylic acids is 1. The van der Waals surface area contributed by atoms with Crippen molar-refractivity contribution in [2.24, 2.45) is 0 Å². The maximum atomic E-state index is 14.6. The van der Waals surface area contributed by atoms with E-state index in [1.807, 2.05) is 48.5 Å². The zero-order valence-corrected chi connectivity index (χ0v) is 19.1. The van der Waals surface area contributed by atoms with E-state index < -0.39 is 29.8 Å². The summed E-state index contributed by atoms with van der Waals surface area (Å²) in [5, 5.41) is 13.9. The van der Waals surface area contributed by atoms with Crippen LogP contribution in [0.3, 0.4) is 0 Å². The summed E-state index contributed by atoms with van der Waals surface area (Å²) in [5.74, 6) is -2.56. The summed E-state index contributed by atoms with van der Waals surface area (Å²) in [6, 6.07) is 18.9. The van der Waals surface area contributed by atoms with Crippen molar-refractivity contribution in [3.63, 3.8) is 0 Å². The number of carboxylic acid groups (broad SMARTS) is 1. The van der Waals surface area contributed by atoms with Gasteiger partial charge in [-0.25, -0.2) is 9.18 Å². The van der Waals surface area contributed by atoms with Crippen molar-refractivity contribution in [2.75, 3.05) is 11.9 Å². The highest BCUT2D eigenvalue weighted by molar-refractivity contribution is 5.95. The first kappa shape index (κ1) is 23.9. The molecule has 0 bridgehead atoms. The standard InChI is InChI=1S/C27H25FN2O5/c1-2-17(14-25(31)32)29-26(33)16-11-12-24(23(28)13-16)30-27(34)35-15-22-20-9-5-3-7-18(20)19-8-4-6-10-21(19)22/h3-13,17,22H,2,14-15H2,1H3,(H,29,33)(H,30,34)(H,31,32). The molecule has 0 radical (unpaired) electrons. The molecule has 0 spiro atoms. The Morgan fingerprint density at radius 2 is 1.63 bits per heavy atom. The molecule has 35 heavy (non-hydrogen) atoms. The molecule has 0 saturated carbocycles. The SMILES string of the molecule is CCC(CC(=O)O)NC(=O)c1ccc(NC(=O)OCC2c3ccccc3-c3ccccc32)c(F)c1. The van der Waals surface area contributed by atoms with Gasteiger partial charge in [0.15, 0.2) is 0 Å². The van der Waals surface area contributed by atoms with Crippen molar-refractivity contribution < 1.29 is 28.6 Å². The molecule has 4 rings (SSSR count). The number of carboxylic acids is 1. The number of hydrogen-bond acceptors (Lipinski definition) is 4. The van der Waals surface area contributed by atoms with E-state index in [0.29, 0.717) is 6.42 Å². The minimum atomic E-state index is -1.04. The van der Waals surface area contributed by atoms with E-state index in [-0.39, 0.29) is 30.2 Å². The molecule has 3 N–H and O–H groups in total. The highest BCUT2D eigenvalue weighted by Crippen LogP contribution is 2.44. The van der Waals surface area contributed by atoms with E-state index in [4.69, 9.17) is 9.84 Å². The van der Waals surface area contributed by atoms with Gasteiger partial charge in [-0.15, -0.1) is 0 Å². The Morgan fingerprint density at radius 3 is 2.20 bits per heavy atom. The van der Waals surface area contributed by atoms with Crippen molar-refractivity contribution in [1.82, 2.24) is 5.32 Å². The van der Waals surface area contributed by atoms with Crippen LogP contribution < -0.4 is 10.6 Å². The van der Waals surface area contributed by atoms with Gasteiger partial charge in [0.05, 0.1) is 12.1 Å². The van der Waals surface area contributed by atoms with Crippen LogP contribution >= 0.6 is 0 Å². The number of carbonyl (C=O) groups excluding carboxylic acids is 2. The van der Waals surface area contributed by atoms with Gasteiger partial charge in [0.25, 0.3) is 5.91 Å². The van der Waals surface area contributed by atoms with Crippen molar-refractivity contribution >= 4 is 23.7 Å². The third-order valence-corrected chi connectivity index (χ3v) is 6.06. The van der Waals surface area contributed by atoms with Crippen LogP contribution in [0.15, 0.2) is 66.7 Å². The molecular formula is C27H25FN2O5. The second kappa shape index (κ2) is 10.4. The lowest BCUT2D eigenvalue weighted by Crippen LogP contribution is -2.36. The Morgan fingerprint density at radius 1 is 1.00 bits per heavy atom. The first-order chi connectivity index (χ1) is 16.9. The number of hydrogen-bond donors (Lipinski definition) is 3. The number of ether oxygens (including phenoxy) is 1. The molecule has 8 heteroatoms. The van der Waals surface area contributed by atoms with Gasteiger partial charge in [-0.3, -0.25) is 14.9 Å². The number of amides is 2.